The second-order valence-electron chi connectivity index (χ2n) is 7.85. The van der Waals surface area contributed by atoms with E-state index in [1.54, 1.807) is 16.9 Å². The van der Waals surface area contributed by atoms with Crippen LogP contribution in [0.3, 0.4) is 0 Å². The van der Waals surface area contributed by atoms with E-state index in [-0.39, 0.29) is 6.54 Å². The summed E-state index contributed by atoms with van der Waals surface area (Å²) in [6.07, 6.45) is 12.1. The van der Waals surface area contributed by atoms with Crippen LogP contribution in [0, 0.1) is 0 Å². The molecule has 3 aromatic rings. The van der Waals surface area contributed by atoms with Crippen molar-refractivity contribution in [1.29, 1.82) is 0 Å². The summed E-state index contributed by atoms with van der Waals surface area (Å²) in [7, 11) is 3.82. The van der Waals surface area contributed by atoms with E-state index in [0.717, 1.165) is 29.6 Å². The minimum atomic E-state index is -0.543. The molecule has 0 amide bonds. The summed E-state index contributed by atoms with van der Waals surface area (Å²) >= 11 is 0. The molecule has 0 saturated heterocycles. The van der Waals surface area contributed by atoms with Crippen molar-refractivity contribution in [3.8, 4) is 11.3 Å². The molecule has 3 rings (SSSR count). The average molecular weight is 425 g/mol. The lowest BCUT2D eigenvalue weighted by atomic mass is 10.1. The van der Waals surface area contributed by atoms with Crippen LogP contribution in [0.1, 0.15) is 38.4 Å². The van der Waals surface area contributed by atoms with Gasteiger partial charge in [-0.1, -0.05) is 13.8 Å². The second kappa shape index (κ2) is 10.3. The van der Waals surface area contributed by atoms with Crippen LogP contribution in [0.5, 0.6) is 0 Å². The lowest BCUT2D eigenvalue weighted by molar-refractivity contribution is 0.144. The molecule has 166 valence electrons. The molecule has 0 fully saturated rings. The molecule has 3 N–H and O–H groups in total. The zero-order valence-corrected chi connectivity index (χ0v) is 18.7. The van der Waals surface area contributed by atoms with Crippen LogP contribution in [-0.2, 0) is 0 Å². The number of allylic oxidation sites excluding steroid dienone is 1. The molecule has 0 bridgehead atoms. The molecular weight excluding hydrogens is 392 g/mol. The number of aliphatic imine (C=N–C) groups is 1. The van der Waals surface area contributed by atoms with Crippen LogP contribution in [0.2, 0.25) is 0 Å². The summed E-state index contributed by atoms with van der Waals surface area (Å²) in [6, 6.07) is 2.29. The van der Waals surface area contributed by atoms with Gasteiger partial charge in [0.05, 0.1) is 54.2 Å². The van der Waals surface area contributed by atoms with Gasteiger partial charge in [-0.25, -0.2) is 9.50 Å². The van der Waals surface area contributed by atoms with E-state index >= 15 is 0 Å². The molecule has 31 heavy (non-hydrogen) atoms. The molecule has 0 spiro atoms. The highest BCUT2D eigenvalue weighted by molar-refractivity contribution is 6.09. The molecule has 0 aliphatic carbocycles. The van der Waals surface area contributed by atoms with Crippen LogP contribution >= 0.6 is 0 Å². The number of aliphatic hydroxyl groups is 1. The highest BCUT2D eigenvalue weighted by Gasteiger charge is 2.15. The van der Waals surface area contributed by atoms with Gasteiger partial charge in [0.2, 0.25) is 0 Å². The Morgan fingerprint density at radius 3 is 2.71 bits per heavy atom. The minimum absolute atomic E-state index is 0.286. The fraction of sp³-hybridized carbons (Fsp3) is 0.455. The van der Waals surface area contributed by atoms with Gasteiger partial charge < -0.3 is 15.7 Å². The number of nitrogens with two attached hydrogens (primary N) is 1. The van der Waals surface area contributed by atoms with Gasteiger partial charge in [0.25, 0.3) is 0 Å². The van der Waals surface area contributed by atoms with Crippen molar-refractivity contribution >= 4 is 17.3 Å². The van der Waals surface area contributed by atoms with Gasteiger partial charge in [-0.2, -0.15) is 10.2 Å². The Morgan fingerprint density at radius 2 is 2.03 bits per heavy atom. The van der Waals surface area contributed by atoms with Gasteiger partial charge in [0.15, 0.2) is 0 Å². The Bertz CT molecular complexity index is 1040. The van der Waals surface area contributed by atoms with Crippen LogP contribution in [0.25, 0.3) is 22.3 Å². The zero-order chi connectivity index (χ0) is 22.4. The topological polar surface area (TPSA) is 110 Å². The minimum Gasteiger partial charge on any atom is -0.404 e. The summed E-state index contributed by atoms with van der Waals surface area (Å²) in [6.45, 7) is 5.16. The molecule has 0 saturated carbocycles. The summed E-state index contributed by atoms with van der Waals surface area (Å²) in [5.41, 5.74) is 9.78. The molecule has 3 heterocycles. The maximum absolute atomic E-state index is 10.0. The molecule has 0 radical (unpaired) electrons. The van der Waals surface area contributed by atoms with Crippen molar-refractivity contribution in [3.63, 3.8) is 0 Å². The Labute approximate surface area is 182 Å². The number of aliphatic hydroxyl groups excluding tert-OH is 1. The molecule has 0 aliphatic heterocycles. The Kier molecular flexibility index (Phi) is 7.54. The summed E-state index contributed by atoms with van der Waals surface area (Å²) in [5.74, 6) is 0. The second-order valence-corrected chi connectivity index (χ2v) is 7.85. The monoisotopic (exact) mass is 424 g/mol. The molecule has 1 unspecified atom stereocenters. The normalized spacial score (nSPS) is 13.8. The van der Waals surface area contributed by atoms with Crippen molar-refractivity contribution in [2.75, 3.05) is 27.2 Å². The average Bonchev–Trinajstić information content (AvgIpc) is 3.41. The molecule has 3 aromatic heterocycles. The highest BCUT2D eigenvalue weighted by Crippen LogP contribution is 2.26. The lowest BCUT2D eigenvalue weighted by Gasteiger charge is -2.13. The summed E-state index contributed by atoms with van der Waals surface area (Å²) in [4.78, 5) is 11.1. The van der Waals surface area contributed by atoms with Gasteiger partial charge >= 0.3 is 0 Å². The third-order valence-corrected chi connectivity index (χ3v) is 5.18. The first kappa shape index (κ1) is 22.6. The van der Waals surface area contributed by atoms with Crippen molar-refractivity contribution in [1.82, 2.24) is 29.3 Å². The van der Waals surface area contributed by atoms with Crippen molar-refractivity contribution in [2.24, 2.45) is 10.7 Å². The highest BCUT2D eigenvalue weighted by atomic mass is 16.3. The standard InChI is InChI=1S/C22H32N8O/c1-5-18(6-2)29-13-17(11-26-29)22-21-7-8-25-30(21)15-20(27-22)16(9-23)10-24-12-19(31)14-28(3)4/h7-11,13,15,18-19,31H,5-6,12,14,23H2,1-4H3. The Balaban J connectivity index is 1.92. The van der Waals surface area contributed by atoms with Crippen LogP contribution in [0.15, 0.2) is 42.0 Å². The smallest absolute Gasteiger partial charge is 0.0999 e. The first-order valence-corrected chi connectivity index (χ1v) is 10.6. The lowest BCUT2D eigenvalue weighted by Crippen LogP contribution is -2.27. The summed E-state index contributed by atoms with van der Waals surface area (Å²) in [5, 5.41) is 19.0. The van der Waals surface area contributed by atoms with E-state index in [1.807, 2.05) is 48.3 Å². The van der Waals surface area contributed by atoms with Crippen molar-refractivity contribution in [3.05, 3.63) is 42.7 Å². The summed E-state index contributed by atoms with van der Waals surface area (Å²) < 4.78 is 3.79. The van der Waals surface area contributed by atoms with Crippen molar-refractivity contribution in [2.45, 2.75) is 38.8 Å². The maximum atomic E-state index is 10.0. The number of likely N-dealkylation sites (N-methyl/N-ethyl adjacent to an activating group) is 1. The van der Waals surface area contributed by atoms with E-state index in [0.29, 0.717) is 23.9 Å². The molecule has 9 nitrogen and oxygen atoms in total. The number of nitrogens with zero attached hydrogens (tertiary/aromatic N) is 7. The molecule has 0 aromatic carbocycles. The van der Waals surface area contributed by atoms with E-state index in [1.165, 1.54) is 6.20 Å². The predicted octanol–water partition coefficient (Wildman–Crippen LogP) is 2.25. The van der Waals surface area contributed by atoms with Gasteiger partial charge in [0, 0.05) is 36.3 Å². The Hall–Kier alpha value is -3.04. The van der Waals surface area contributed by atoms with E-state index in [4.69, 9.17) is 10.7 Å². The van der Waals surface area contributed by atoms with Gasteiger partial charge in [-0.3, -0.25) is 9.67 Å². The van der Waals surface area contributed by atoms with Crippen LogP contribution in [0.4, 0.5) is 0 Å². The first-order chi connectivity index (χ1) is 15.0. The molecule has 1 atom stereocenters. The maximum Gasteiger partial charge on any atom is 0.0999 e. The largest absolute Gasteiger partial charge is 0.404 e. The first-order valence-electron chi connectivity index (χ1n) is 10.6. The molecule has 9 heteroatoms. The van der Waals surface area contributed by atoms with Gasteiger partial charge in [0.1, 0.15) is 0 Å². The third-order valence-electron chi connectivity index (χ3n) is 5.18. The molecule has 0 aliphatic rings. The SMILES string of the molecule is CCC(CC)n1cc(-c2nc(C(C=NCC(O)CN(C)C)=CN)cn3nccc23)cn1. The van der Waals surface area contributed by atoms with E-state index < -0.39 is 6.10 Å². The quantitative estimate of drug-likeness (QED) is 0.483. The third kappa shape index (κ3) is 5.36. The Morgan fingerprint density at radius 1 is 1.26 bits per heavy atom. The van der Waals surface area contributed by atoms with Gasteiger partial charge in [-0.05, 0) is 33.0 Å². The number of hydrogen-bond acceptors (Lipinski definition) is 7. The fourth-order valence-electron chi connectivity index (χ4n) is 3.55. The zero-order valence-electron chi connectivity index (χ0n) is 18.7. The number of hydrogen-bond donors (Lipinski definition) is 2. The molecular formula is C22H32N8O. The van der Waals surface area contributed by atoms with Crippen LogP contribution in [-0.4, -0.2) is 73.9 Å². The van der Waals surface area contributed by atoms with Crippen molar-refractivity contribution < 1.29 is 5.11 Å². The van der Waals surface area contributed by atoms with Crippen LogP contribution < -0.4 is 5.73 Å². The predicted molar refractivity (Wildman–Crippen MR) is 124 cm³/mol. The van der Waals surface area contributed by atoms with Gasteiger partial charge in [-0.15, -0.1) is 0 Å². The fourth-order valence-corrected chi connectivity index (χ4v) is 3.55. The number of fused-ring (bicyclic) bond motifs is 1. The van der Waals surface area contributed by atoms with E-state index in [2.05, 4.69) is 29.0 Å². The van der Waals surface area contributed by atoms with E-state index in [9.17, 15) is 5.11 Å². The number of aromatic nitrogens is 5. The number of rotatable bonds is 10.